The molecule has 0 spiro atoms. The molecule has 1 aliphatic heterocycles. The van der Waals surface area contributed by atoms with Crippen LogP contribution < -0.4 is 14.5 Å². The third kappa shape index (κ3) is 3.44. The van der Waals surface area contributed by atoms with Gasteiger partial charge in [-0.25, -0.2) is 4.90 Å². The second kappa shape index (κ2) is 8.05. The summed E-state index contributed by atoms with van der Waals surface area (Å²) in [5, 5.41) is 0.530. The number of halogens is 1. The molecule has 0 fully saturated rings. The number of hydrogen-bond acceptors (Lipinski definition) is 4. The first-order chi connectivity index (χ1) is 14.5. The summed E-state index contributed by atoms with van der Waals surface area (Å²) in [5.41, 5.74) is 2.56. The van der Waals surface area contributed by atoms with E-state index >= 15 is 0 Å². The molecule has 30 heavy (non-hydrogen) atoms. The first-order valence-electron chi connectivity index (χ1n) is 9.33. The molecular formula is C24H19ClN2O3. The number of benzene rings is 3. The molecule has 1 aliphatic rings. The highest BCUT2D eigenvalue weighted by Crippen LogP contribution is 2.36. The molecule has 2 amide bonds. The number of ether oxygens (including phenoxy) is 1. The Morgan fingerprint density at radius 1 is 0.833 bits per heavy atom. The molecule has 0 saturated carbocycles. The van der Waals surface area contributed by atoms with Crippen molar-refractivity contribution in [1.82, 2.24) is 0 Å². The first-order valence-corrected chi connectivity index (χ1v) is 9.71. The van der Waals surface area contributed by atoms with Crippen LogP contribution in [0.15, 0.2) is 84.6 Å². The van der Waals surface area contributed by atoms with Crippen molar-refractivity contribution in [3.8, 4) is 5.75 Å². The Morgan fingerprint density at radius 2 is 1.47 bits per heavy atom. The minimum absolute atomic E-state index is 0.311. The Morgan fingerprint density at radius 3 is 2.07 bits per heavy atom. The summed E-state index contributed by atoms with van der Waals surface area (Å²) < 4.78 is 5.22. The Hall–Kier alpha value is -3.57. The van der Waals surface area contributed by atoms with E-state index in [1.54, 1.807) is 67.6 Å². The lowest BCUT2D eigenvalue weighted by atomic mass is 10.0. The Labute approximate surface area is 179 Å². The van der Waals surface area contributed by atoms with Crippen LogP contribution >= 0.6 is 11.6 Å². The molecule has 4 rings (SSSR count). The second-order valence-electron chi connectivity index (χ2n) is 6.77. The highest BCUT2D eigenvalue weighted by molar-refractivity contribution is 6.46. The summed E-state index contributed by atoms with van der Waals surface area (Å²) in [5.74, 6) is -0.103. The number of para-hydroxylation sites is 1. The van der Waals surface area contributed by atoms with Gasteiger partial charge in [0.25, 0.3) is 11.8 Å². The van der Waals surface area contributed by atoms with Gasteiger partial charge in [0.2, 0.25) is 0 Å². The van der Waals surface area contributed by atoms with Crippen LogP contribution in [0, 0.1) is 0 Å². The summed E-state index contributed by atoms with van der Waals surface area (Å²) in [6.07, 6.45) is 0. The van der Waals surface area contributed by atoms with Gasteiger partial charge in [-0.1, -0.05) is 41.9 Å². The molecule has 0 aromatic heterocycles. The molecule has 5 nitrogen and oxygen atoms in total. The molecule has 0 unspecified atom stereocenters. The fourth-order valence-corrected chi connectivity index (χ4v) is 3.58. The topological polar surface area (TPSA) is 49.9 Å². The molecule has 0 aliphatic carbocycles. The fourth-order valence-electron chi connectivity index (χ4n) is 3.45. The van der Waals surface area contributed by atoms with E-state index in [1.165, 1.54) is 4.90 Å². The Balaban J connectivity index is 1.86. The number of methoxy groups -OCH3 is 1. The number of carbonyl (C=O) groups is 2. The van der Waals surface area contributed by atoms with E-state index in [4.69, 9.17) is 16.3 Å². The molecular weight excluding hydrogens is 400 g/mol. The lowest BCUT2D eigenvalue weighted by Crippen LogP contribution is -2.34. The number of likely N-dealkylation sites (N-methyl/N-ethyl adjacent to an activating group) is 1. The normalized spacial score (nSPS) is 13.8. The predicted molar refractivity (Wildman–Crippen MR) is 119 cm³/mol. The van der Waals surface area contributed by atoms with Crippen molar-refractivity contribution in [1.29, 1.82) is 0 Å². The van der Waals surface area contributed by atoms with Gasteiger partial charge in [0, 0.05) is 17.8 Å². The molecule has 0 atom stereocenters. The van der Waals surface area contributed by atoms with Crippen LogP contribution in [-0.4, -0.2) is 26.0 Å². The minimum atomic E-state index is -0.389. The SMILES string of the molecule is COc1ccc(C2=C(N(C)c3ccccc3)C(=O)N(c3ccc(Cl)cc3)C2=O)cc1. The second-order valence-corrected chi connectivity index (χ2v) is 7.21. The lowest BCUT2D eigenvalue weighted by Gasteiger charge is -2.21. The zero-order valence-corrected chi connectivity index (χ0v) is 17.3. The van der Waals surface area contributed by atoms with E-state index in [0.29, 0.717) is 33.3 Å². The molecule has 3 aromatic carbocycles. The van der Waals surface area contributed by atoms with Crippen molar-refractivity contribution in [2.45, 2.75) is 0 Å². The van der Waals surface area contributed by atoms with Crippen molar-refractivity contribution in [3.05, 3.63) is 95.1 Å². The summed E-state index contributed by atoms with van der Waals surface area (Å²) in [6, 6.07) is 23.2. The van der Waals surface area contributed by atoms with Crippen molar-refractivity contribution in [2.75, 3.05) is 24.0 Å². The average molecular weight is 419 g/mol. The predicted octanol–water partition coefficient (Wildman–Crippen LogP) is 4.77. The lowest BCUT2D eigenvalue weighted by molar-refractivity contribution is -0.120. The number of carbonyl (C=O) groups excluding carboxylic acids is 2. The van der Waals surface area contributed by atoms with Gasteiger partial charge in [0.05, 0.1) is 18.4 Å². The monoisotopic (exact) mass is 418 g/mol. The molecule has 0 radical (unpaired) electrons. The standard InChI is InChI=1S/C24H19ClN2O3/c1-26(18-6-4-3-5-7-18)22-21(16-8-14-20(30-2)15-9-16)23(28)27(24(22)29)19-12-10-17(25)11-13-19/h3-15H,1-2H3. The Kier molecular flexibility index (Phi) is 5.29. The Bertz CT molecular complexity index is 1120. The molecule has 0 bridgehead atoms. The van der Waals surface area contributed by atoms with Crippen LogP contribution in [0.2, 0.25) is 5.02 Å². The van der Waals surface area contributed by atoms with Crippen molar-refractivity contribution in [2.24, 2.45) is 0 Å². The maximum absolute atomic E-state index is 13.5. The van der Waals surface area contributed by atoms with Gasteiger partial charge in [0.15, 0.2) is 0 Å². The van der Waals surface area contributed by atoms with Crippen molar-refractivity contribution >= 4 is 40.4 Å². The van der Waals surface area contributed by atoms with Gasteiger partial charge in [-0.2, -0.15) is 0 Å². The van der Waals surface area contributed by atoms with Gasteiger partial charge in [-0.05, 0) is 54.1 Å². The van der Waals surface area contributed by atoms with E-state index in [9.17, 15) is 9.59 Å². The van der Waals surface area contributed by atoms with E-state index in [2.05, 4.69) is 0 Å². The molecule has 6 heteroatoms. The van der Waals surface area contributed by atoms with Gasteiger partial charge in [-0.15, -0.1) is 0 Å². The third-order valence-corrected chi connectivity index (χ3v) is 5.25. The minimum Gasteiger partial charge on any atom is -0.497 e. The number of rotatable bonds is 5. The van der Waals surface area contributed by atoms with Crippen LogP contribution in [0.3, 0.4) is 0 Å². The van der Waals surface area contributed by atoms with Crippen LogP contribution in [0.5, 0.6) is 5.75 Å². The van der Waals surface area contributed by atoms with E-state index < -0.39 is 0 Å². The summed E-state index contributed by atoms with van der Waals surface area (Å²) in [6.45, 7) is 0. The summed E-state index contributed by atoms with van der Waals surface area (Å²) >= 11 is 5.98. The highest BCUT2D eigenvalue weighted by Gasteiger charge is 2.42. The molecule has 1 heterocycles. The maximum atomic E-state index is 13.5. The maximum Gasteiger partial charge on any atom is 0.282 e. The highest BCUT2D eigenvalue weighted by atomic mass is 35.5. The fraction of sp³-hybridized carbons (Fsp3) is 0.0833. The largest absolute Gasteiger partial charge is 0.497 e. The average Bonchev–Trinajstić information content (AvgIpc) is 3.04. The van der Waals surface area contributed by atoms with E-state index in [-0.39, 0.29) is 11.8 Å². The molecule has 3 aromatic rings. The smallest absolute Gasteiger partial charge is 0.282 e. The third-order valence-electron chi connectivity index (χ3n) is 5.00. The number of imide groups is 1. The summed E-state index contributed by atoms with van der Waals surface area (Å²) in [7, 11) is 3.36. The van der Waals surface area contributed by atoms with Crippen LogP contribution in [-0.2, 0) is 9.59 Å². The first kappa shape index (κ1) is 19.7. The molecule has 0 N–H and O–H groups in total. The quantitative estimate of drug-likeness (QED) is 0.560. The van der Waals surface area contributed by atoms with Gasteiger partial charge < -0.3 is 9.64 Å². The molecule has 0 saturated heterocycles. The van der Waals surface area contributed by atoms with Gasteiger partial charge in [-0.3, -0.25) is 9.59 Å². The van der Waals surface area contributed by atoms with E-state index in [0.717, 1.165) is 5.69 Å². The van der Waals surface area contributed by atoms with E-state index in [1.807, 2.05) is 30.3 Å². The number of anilines is 2. The van der Waals surface area contributed by atoms with Crippen molar-refractivity contribution in [3.63, 3.8) is 0 Å². The van der Waals surface area contributed by atoms with Gasteiger partial charge in [0.1, 0.15) is 11.4 Å². The number of amides is 2. The summed E-state index contributed by atoms with van der Waals surface area (Å²) in [4.78, 5) is 29.9. The zero-order chi connectivity index (χ0) is 21.3. The van der Waals surface area contributed by atoms with Crippen LogP contribution in [0.4, 0.5) is 11.4 Å². The number of nitrogens with zero attached hydrogens (tertiary/aromatic N) is 2. The number of hydrogen-bond donors (Lipinski definition) is 0. The van der Waals surface area contributed by atoms with Crippen LogP contribution in [0.25, 0.3) is 5.57 Å². The van der Waals surface area contributed by atoms with Crippen LogP contribution in [0.1, 0.15) is 5.56 Å². The van der Waals surface area contributed by atoms with Gasteiger partial charge >= 0.3 is 0 Å². The van der Waals surface area contributed by atoms with Crippen molar-refractivity contribution < 1.29 is 14.3 Å². The zero-order valence-electron chi connectivity index (χ0n) is 16.5. The molecule has 150 valence electrons.